The van der Waals surface area contributed by atoms with Gasteiger partial charge in [0.25, 0.3) is 0 Å². The molecule has 0 aromatic carbocycles. The molecule has 0 aromatic heterocycles. The first-order valence-corrected chi connectivity index (χ1v) is 20.4. The molecule has 0 spiro atoms. The predicted octanol–water partition coefficient (Wildman–Crippen LogP) is 8.10. The highest BCUT2D eigenvalue weighted by Gasteiger charge is 2.40. The Balaban J connectivity index is 1.75. The van der Waals surface area contributed by atoms with Crippen LogP contribution in [0.5, 0.6) is 0 Å². The molecule has 1 unspecified atom stereocenters. The van der Waals surface area contributed by atoms with E-state index in [4.69, 9.17) is 13.9 Å². The number of cyclic esters (lactones) is 1. The summed E-state index contributed by atoms with van der Waals surface area (Å²) in [5, 5.41) is 0.0338. The number of esters is 1. The molecule has 1 amide bonds. The molecule has 240 valence electrons. The highest BCUT2D eigenvalue weighted by molar-refractivity contribution is 14.1. The van der Waals surface area contributed by atoms with Crippen LogP contribution in [0.2, 0.25) is 18.1 Å². The van der Waals surface area contributed by atoms with Gasteiger partial charge in [-0.05, 0) is 98.3 Å². The molecule has 2 saturated heterocycles. The van der Waals surface area contributed by atoms with Crippen LogP contribution in [-0.2, 0) is 18.7 Å². The third-order valence-electron chi connectivity index (χ3n) is 9.99. The van der Waals surface area contributed by atoms with Crippen LogP contribution in [0.4, 0.5) is 4.79 Å². The van der Waals surface area contributed by atoms with Crippen LogP contribution >= 0.6 is 22.6 Å². The average molecular weight is 717 g/mol. The van der Waals surface area contributed by atoms with Crippen LogP contribution in [0.1, 0.15) is 92.9 Å². The van der Waals surface area contributed by atoms with Gasteiger partial charge in [0.15, 0.2) is 8.32 Å². The molecule has 0 bridgehead atoms. The fourth-order valence-corrected chi connectivity index (χ4v) is 7.82. The summed E-state index contributed by atoms with van der Waals surface area (Å²) in [6.07, 6.45) is 10.6. The van der Waals surface area contributed by atoms with Gasteiger partial charge in [-0.25, -0.2) is 4.79 Å². The first-order chi connectivity index (χ1) is 19.7. The van der Waals surface area contributed by atoms with Crippen LogP contribution in [-0.4, -0.2) is 80.7 Å². The molecular weight excluding hydrogens is 659 g/mol. The maximum Gasteiger partial charge on any atom is 0.410 e. The monoisotopic (exact) mass is 716 g/mol. The summed E-state index contributed by atoms with van der Waals surface area (Å²) in [5.74, 6) is -0.192. The standard InChI is InChI=1S/C33H57IN2O5Si/c1-24-12-14-28(41-42(7,8)33(4,5)6)22-30(37)40-31(26(3)23-34)25(2)13-15-29(24)39-32(38)36-20-16-27(17-21-36)35-18-10-9-11-19-35/h13,15,23-25,27-29,31H,9-12,14,16-22H2,1-8H3/b15-13+,26-23+/t24-,25-,28?,29-,31-/m0/s1. The van der Waals surface area contributed by atoms with Crippen molar-refractivity contribution in [2.75, 3.05) is 26.2 Å². The second-order valence-electron chi connectivity index (χ2n) is 14.4. The Morgan fingerprint density at radius 2 is 1.67 bits per heavy atom. The van der Waals surface area contributed by atoms with Crippen molar-refractivity contribution in [3.8, 4) is 0 Å². The molecule has 0 aromatic rings. The van der Waals surface area contributed by atoms with Crippen LogP contribution in [0.15, 0.2) is 21.8 Å². The lowest BCUT2D eigenvalue weighted by Crippen LogP contribution is -2.48. The Hall–Kier alpha value is -0.913. The quantitative estimate of drug-likeness (QED) is 0.124. The van der Waals surface area contributed by atoms with E-state index in [9.17, 15) is 9.59 Å². The molecule has 0 aliphatic carbocycles. The fraction of sp³-hybridized carbons (Fsp3) is 0.818. The number of piperidine rings is 2. The number of carbonyl (C=O) groups is 2. The third-order valence-corrected chi connectivity index (χ3v) is 15.5. The van der Waals surface area contributed by atoms with E-state index in [1.807, 2.05) is 22.0 Å². The molecule has 0 radical (unpaired) electrons. The average Bonchev–Trinajstić information content (AvgIpc) is 2.95. The minimum atomic E-state index is -2.11. The molecular formula is C33H57IN2O5Si. The topological polar surface area (TPSA) is 68.3 Å². The highest BCUT2D eigenvalue weighted by Crippen LogP contribution is 2.39. The van der Waals surface area contributed by atoms with E-state index in [-0.39, 0.29) is 53.7 Å². The van der Waals surface area contributed by atoms with E-state index in [1.165, 1.54) is 32.4 Å². The highest BCUT2D eigenvalue weighted by atomic mass is 127. The van der Waals surface area contributed by atoms with E-state index in [1.54, 1.807) is 0 Å². The summed E-state index contributed by atoms with van der Waals surface area (Å²) in [6.45, 7) is 21.2. The predicted molar refractivity (Wildman–Crippen MR) is 181 cm³/mol. The number of hydrogen-bond donors (Lipinski definition) is 0. The molecule has 2 fully saturated rings. The van der Waals surface area contributed by atoms with Gasteiger partial charge in [0.05, 0.1) is 12.5 Å². The molecule has 3 aliphatic rings. The van der Waals surface area contributed by atoms with Crippen molar-refractivity contribution in [1.29, 1.82) is 0 Å². The van der Waals surface area contributed by atoms with Gasteiger partial charge in [-0.1, -0.05) is 69.7 Å². The largest absolute Gasteiger partial charge is 0.457 e. The summed E-state index contributed by atoms with van der Waals surface area (Å²) < 4.78 is 21.1. The maximum absolute atomic E-state index is 13.4. The molecule has 9 heteroatoms. The number of rotatable bonds is 5. The van der Waals surface area contributed by atoms with Gasteiger partial charge in [0.2, 0.25) is 0 Å². The lowest BCUT2D eigenvalue weighted by molar-refractivity contribution is -0.150. The summed E-state index contributed by atoms with van der Waals surface area (Å²) in [7, 11) is -2.11. The first kappa shape index (κ1) is 35.6. The number of nitrogens with zero attached hydrogens (tertiary/aromatic N) is 2. The normalized spacial score (nSPS) is 31.1. The van der Waals surface area contributed by atoms with Crippen molar-refractivity contribution in [1.82, 2.24) is 9.80 Å². The number of ether oxygens (including phenoxy) is 2. The second-order valence-corrected chi connectivity index (χ2v) is 19.8. The molecule has 0 N–H and O–H groups in total. The van der Waals surface area contributed by atoms with Crippen molar-refractivity contribution in [2.45, 2.75) is 135 Å². The lowest BCUT2D eigenvalue weighted by atomic mass is 9.92. The van der Waals surface area contributed by atoms with E-state index in [0.29, 0.717) is 12.5 Å². The second kappa shape index (κ2) is 15.9. The first-order valence-electron chi connectivity index (χ1n) is 16.2. The summed E-state index contributed by atoms with van der Waals surface area (Å²) in [4.78, 5) is 31.2. The zero-order chi connectivity index (χ0) is 31.1. The van der Waals surface area contributed by atoms with E-state index in [0.717, 1.165) is 37.9 Å². The van der Waals surface area contributed by atoms with Gasteiger partial charge in [0, 0.05) is 25.0 Å². The number of hydrogen-bond acceptors (Lipinski definition) is 6. The Labute approximate surface area is 270 Å². The number of carbonyl (C=O) groups excluding carboxylic acids is 2. The van der Waals surface area contributed by atoms with Crippen molar-refractivity contribution < 1.29 is 23.5 Å². The van der Waals surface area contributed by atoms with Crippen LogP contribution < -0.4 is 0 Å². The smallest absolute Gasteiger partial charge is 0.410 e. The van der Waals surface area contributed by atoms with Crippen molar-refractivity contribution in [3.63, 3.8) is 0 Å². The molecule has 3 rings (SSSR count). The van der Waals surface area contributed by atoms with Crippen LogP contribution in [0.25, 0.3) is 0 Å². The Bertz CT molecular complexity index is 951. The van der Waals surface area contributed by atoms with Gasteiger partial charge in [-0.15, -0.1) is 0 Å². The number of likely N-dealkylation sites (tertiary alicyclic amines) is 2. The van der Waals surface area contributed by atoms with Crippen molar-refractivity contribution in [2.24, 2.45) is 11.8 Å². The van der Waals surface area contributed by atoms with Crippen LogP contribution in [0.3, 0.4) is 0 Å². The molecule has 42 heavy (non-hydrogen) atoms. The third kappa shape index (κ3) is 10.1. The number of amides is 1. The van der Waals surface area contributed by atoms with E-state index in [2.05, 4.69) is 81.3 Å². The maximum atomic E-state index is 13.4. The zero-order valence-corrected chi connectivity index (χ0v) is 30.7. The van der Waals surface area contributed by atoms with Gasteiger partial charge in [-0.3, -0.25) is 4.79 Å². The molecule has 5 atom stereocenters. The summed E-state index contributed by atoms with van der Waals surface area (Å²) >= 11 is 2.21. The fourth-order valence-electron chi connectivity index (χ4n) is 6.08. The van der Waals surface area contributed by atoms with E-state index < -0.39 is 8.32 Å². The van der Waals surface area contributed by atoms with Crippen LogP contribution in [0, 0.1) is 11.8 Å². The number of halogens is 1. The van der Waals surface area contributed by atoms with Crippen molar-refractivity contribution >= 4 is 43.0 Å². The SMILES string of the molecule is C/C(=C\I)[C@H]1OC(=O)CC(O[Si](C)(C)C(C)(C)C)CC[C@H](C)[C@@H](OC(=O)N2CCC(N3CCCCC3)CC2)/C=C/[C@@H]1C. The Morgan fingerprint density at radius 1 is 1.02 bits per heavy atom. The van der Waals surface area contributed by atoms with Crippen molar-refractivity contribution in [3.05, 3.63) is 21.8 Å². The van der Waals surface area contributed by atoms with Gasteiger partial charge in [-0.2, -0.15) is 0 Å². The molecule has 3 aliphatic heterocycles. The lowest BCUT2D eigenvalue weighted by Gasteiger charge is -2.40. The Kier molecular flexibility index (Phi) is 13.5. The zero-order valence-electron chi connectivity index (χ0n) is 27.5. The summed E-state index contributed by atoms with van der Waals surface area (Å²) in [6, 6.07) is 0.585. The molecule has 3 heterocycles. The molecule has 0 saturated carbocycles. The van der Waals surface area contributed by atoms with Gasteiger partial charge < -0.3 is 23.7 Å². The molecule has 7 nitrogen and oxygen atoms in total. The van der Waals surface area contributed by atoms with E-state index >= 15 is 0 Å². The minimum Gasteiger partial charge on any atom is -0.457 e. The van der Waals surface area contributed by atoms with Gasteiger partial charge >= 0.3 is 12.1 Å². The Morgan fingerprint density at radius 3 is 2.26 bits per heavy atom. The summed E-state index contributed by atoms with van der Waals surface area (Å²) in [5.41, 5.74) is 0.998. The van der Waals surface area contributed by atoms with Gasteiger partial charge in [0.1, 0.15) is 12.2 Å². The minimum absolute atomic E-state index is 0.0338.